The molecule has 0 unspecified atom stereocenters. The van der Waals surface area contributed by atoms with Crippen LogP contribution in [0.15, 0.2) is 29.4 Å². The van der Waals surface area contributed by atoms with E-state index in [1.165, 1.54) is 19.3 Å². The Balaban J connectivity index is 1.71. The van der Waals surface area contributed by atoms with Crippen molar-refractivity contribution in [1.82, 2.24) is 20.1 Å². The molecule has 0 aliphatic heterocycles. The Bertz CT molecular complexity index is 739. The standard InChI is InChI=1S/C20H28N4O2S/c1-3-13-27-20-23-22-18(24(20)16-7-5-4-6-8-16)14-21-19(25)15-9-11-17(26-2)12-10-15/h9-12,16H,3-8,13-14H2,1-2H3,(H,21,25). The summed E-state index contributed by atoms with van der Waals surface area (Å²) < 4.78 is 7.41. The first kappa shape index (κ1) is 19.7. The number of methoxy groups -OCH3 is 1. The van der Waals surface area contributed by atoms with Gasteiger partial charge in [0.1, 0.15) is 5.75 Å². The van der Waals surface area contributed by atoms with E-state index in [1.54, 1.807) is 43.1 Å². The van der Waals surface area contributed by atoms with Crippen LogP contribution in [-0.4, -0.2) is 33.5 Å². The van der Waals surface area contributed by atoms with Crippen molar-refractivity contribution in [3.63, 3.8) is 0 Å². The number of nitrogens with one attached hydrogen (secondary N) is 1. The molecule has 1 aliphatic carbocycles. The Kier molecular flexibility index (Phi) is 7.15. The largest absolute Gasteiger partial charge is 0.497 e. The van der Waals surface area contributed by atoms with E-state index in [2.05, 4.69) is 27.0 Å². The third-order valence-electron chi connectivity index (χ3n) is 4.87. The molecule has 0 spiro atoms. The summed E-state index contributed by atoms with van der Waals surface area (Å²) in [5.74, 6) is 2.51. The van der Waals surface area contributed by atoms with Crippen LogP contribution in [0.25, 0.3) is 0 Å². The predicted molar refractivity (Wildman–Crippen MR) is 107 cm³/mol. The fraction of sp³-hybridized carbons (Fsp3) is 0.550. The molecule has 6 nitrogen and oxygen atoms in total. The van der Waals surface area contributed by atoms with E-state index >= 15 is 0 Å². The highest BCUT2D eigenvalue weighted by Crippen LogP contribution is 2.32. The van der Waals surface area contributed by atoms with Crippen LogP contribution in [-0.2, 0) is 6.54 Å². The highest BCUT2D eigenvalue weighted by molar-refractivity contribution is 7.99. The van der Waals surface area contributed by atoms with Gasteiger partial charge in [0.25, 0.3) is 5.91 Å². The Morgan fingerprint density at radius 2 is 1.96 bits per heavy atom. The molecular weight excluding hydrogens is 360 g/mol. The number of thioether (sulfide) groups is 1. The van der Waals surface area contributed by atoms with Crippen molar-refractivity contribution in [2.24, 2.45) is 0 Å². The molecule has 146 valence electrons. The predicted octanol–water partition coefficient (Wildman–Crippen LogP) is 4.22. The number of benzene rings is 1. The van der Waals surface area contributed by atoms with Gasteiger partial charge in [-0.1, -0.05) is 37.9 Å². The number of rotatable bonds is 8. The third kappa shape index (κ3) is 5.03. The van der Waals surface area contributed by atoms with Gasteiger partial charge in [0, 0.05) is 17.4 Å². The van der Waals surface area contributed by atoms with E-state index in [-0.39, 0.29) is 5.91 Å². The van der Waals surface area contributed by atoms with Gasteiger partial charge in [0.05, 0.1) is 13.7 Å². The van der Waals surface area contributed by atoms with E-state index in [4.69, 9.17) is 4.74 Å². The minimum Gasteiger partial charge on any atom is -0.497 e. The normalized spacial score (nSPS) is 14.9. The lowest BCUT2D eigenvalue weighted by Gasteiger charge is -2.25. The number of amides is 1. The van der Waals surface area contributed by atoms with Crippen LogP contribution < -0.4 is 10.1 Å². The summed E-state index contributed by atoms with van der Waals surface area (Å²) in [6.07, 6.45) is 7.23. The molecule has 1 amide bonds. The average molecular weight is 389 g/mol. The molecule has 0 bridgehead atoms. The first-order chi connectivity index (χ1) is 13.2. The Hall–Kier alpha value is -2.02. The minimum atomic E-state index is -0.112. The lowest BCUT2D eigenvalue weighted by molar-refractivity contribution is 0.0949. The molecule has 27 heavy (non-hydrogen) atoms. The van der Waals surface area contributed by atoms with Crippen LogP contribution in [0.1, 0.15) is 67.7 Å². The SMILES string of the molecule is CCCSc1nnc(CNC(=O)c2ccc(OC)cc2)n1C1CCCCC1. The van der Waals surface area contributed by atoms with Crippen LogP contribution in [0, 0.1) is 0 Å². The Morgan fingerprint density at radius 3 is 2.63 bits per heavy atom. The highest BCUT2D eigenvalue weighted by atomic mass is 32.2. The average Bonchev–Trinajstić information content (AvgIpc) is 3.14. The molecular formula is C20H28N4O2S. The van der Waals surface area contributed by atoms with Crippen LogP contribution in [0.3, 0.4) is 0 Å². The first-order valence-electron chi connectivity index (χ1n) is 9.71. The van der Waals surface area contributed by atoms with E-state index in [9.17, 15) is 4.79 Å². The quantitative estimate of drug-likeness (QED) is 0.686. The van der Waals surface area contributed by atoms with Gasteiger partial charge in [-0.15, -0.1) is 10.2 Å². The van der Waals surface area contributed by atoms with Gasteiger partial charge in [-0.3, -0.25) is 4.79 Å². The summed E-state index contributed by atoms with van der Waals surface area (Å²) in [5, 5.41) is 12.8. The van der Waals surface area contributed by atoms with Crippen molar-refractivity contribution in [3.05, 3.63) is 35.7 Å². The Morgan fingerprint density at radius 1 is 1.22 bits per heavy atom. The number of ether oxygens (including phenoxy) is 1. The second-order valence-electron chi connectivity index (χ2n) is 6.82. The van der Waals surface area contributed by atoms with E-state index in [1.807, 2.05) is 0 Å². The maximum Gasteiger partial charge on any atom is 0.251 e. The smallest absolute Gasteiger partial charge is 0.251 e. The van der Waals surface area contributed by atoms with Crippen molar-refractivity contribution < 1.29 is 9.53 Å². The van der Waals surface area contributed by atoms with E-state index in [0.29, 0.717) is 18.2 Å². The van der Waals surface area contributed by atoms with Gasteiger partial charge in [-0.05, 0) is 43.5 Å². The van der Waals surface area contributed by atoms with Crippen molar-refractivity contribution in [1.29, 1.82) is 0 Å². The number of aromatic nitrogens is 3. The minimum absolute atomic E-state index is 0.112. The molecule has 1 aromatic carbocycles. The lowest BCUT2D eigenvalue weighted by Crippen LogP contribution is -2.26. The summed E-state index contributed by atoms with van der Waals surface area (Å²) in [7, 11) is 1.61. The molecule has 2 aromatic rings. The fourth-order valence-corrected chi connectivity index (χ4v) is 4.31. The lowest BCUT2D eigenvalue weighted by atomic mass is 9.95. The number of carbonyl (C=O) groups is 1. The molecule has 1 saturated carbocycles. The van der Waals surface area contributed by atoms with Crippen molar-refractivity contribution in [3.8, 4) is 5.75 Å². The van der Waals surface area contributed by atoms with Crippen molar-refractivity contribution >= 4 is 17.7 Å². The molecule has 1 aromatic heterocycles. The highest BCUT2D eigenvalue weighted by Gasteiger charge is 2.23. The van der Waals surface area contributed by atoms with Gasteiger partial charge in [-0.2, -0.15) is 0 Å². The zero-order chi connectivity index (χ0) is 19.1. The number of hydrogen-bond acceptors (Lipinski definition) is 5. The summed E-state index contributed by atoms with van der Waals surface area (Å²) in [6, 6.07) is 7.56. The zero-order valence-electron chi connectivity index (χ0n) is 16.1. The monoisotopic (exact) mass is 388 g/mol. The molecule has 0 radical (unpaired) electrons. The van der Waals surface area contributed by atoms with Gasteiger partial charge in [-0.25, -0.2) is 0 Å². The second-order valence-corrected chi connectivity index (χ2v) is 7.88. The maximum absolute atomic E-state index is 12.5. The topological polar surface area (TPSA) is 69.0 Å². The molecule has 1 fully saturated rings. The molecule has 7 heteroatoms. The Labute approximate surface area is 165 Å². The summed E-state index contributed by atoms with van der Waals surface area (Å²) >= 11 is 1.76. The first-order valence-corrected chi connectivity index (χ1v) is 10.7. The number of carbonyl (C=O) groups excluding carboxylic acids is 1. The molecule has 3 rings (SSSR count). The van der Waals surface area contributed by atoms with Crippen molar-refractivity contribution in [2.45, 2.75) is 63.2 Å². The molecule has 1 N–H and O–H groups in total. The van der Waals surface area contributed by atoms with Gasteiger partial charge in [0.2, 0.25) is 0 Å². The van der Waals surface area contributed by atoms with Crippen LogP contribution in [0.5, 0.6) is 5.75 Å². The summed E-state index contributed by atoms with van der Waals surface area (Å²) in [4.78, 5) is 12.5. The molecule has 1 aliphatic rings. The third-order valence-corrected chi connectivity index (χ3v) is 6.02. The van der Waals surface area contributed by atoms with Gasteiger partial charge < -0.3 is 14.6 Å². The van der Waals surface area contributed by atoms with Crippen molar-refractivity contribution in [2.75, 3.05) is 12.9 Å². The summed E-state index contributed by atoms with van der Waals surface area (Å²) in [6.45, 7) is 2.56. The molecule has 0 saturated heterocycles. The molecule has 1 heterocycles. The molecule has 0 atom stereocenters. The van der Waals surface area contributed by atoms with E-state index in [0.717, 1.165) is 41.7 Å². The summed E-state index contributed by atoms with van der Waals surface area (Å²) in [5.41, 5.74) is 0.611. The maximum atomic E-state index is 12.5. The number of nitrogens with zero attached hydrogens (tertiary/aromatic N) is 3. The van der Waals surface area contributed by atoms with Gasteiger partial charge >= 0.3 is 0 Å². The van der Waals surface area contributed by atoms with Crippen LogP contribution >= 0.6 is 11.8 Å². The van der Waals surface area contributed by atoms with Crippen LogP contribution in [0.4, 0.5) is 0 Å². The second kappa shape index (κ2) is 9.78. The van der Waals surface area contributed by atoms with E-state index < -0.39 is 0 Å². The zero-order valence-corrected chi connectivity index (χ0v) is 16.9. The van der Waals surface area contributed by atoms with Crippen LogP contribution in [0.2, 0.25) is 0 Å². The number of hydrogen-bond donors (Lipinski definition) is 1. The fourth-order valence-electron chi connectivity index (χ4n) is 3.43. The van der Waals surface area contributed by atoms with Gasteiger partial charge in [0.15, 0.2) is 11.0 Å².